The molecule has 0 heterocycles. The van der Waals surface area contributed by atoms with Crippen LogP contribution < -0.4 is 0 Å². The van der Waals surface area contributed by atoms with E-state index in [4.69, 9.17) is 0 Å². The van der Waals surface area contributed by atoms with E-state index in [2.05, 4.69) is 13.8 Å². The van der Waals surface area contributed by atoms with Crippen LogP contribution in [0.4, 0.5) is 17.6 Å². The molecule has 2 rings (SSSR count). The SMILES string of the molecule is CC1CCC(C(O)c2ccc(F)c(C(F)(F)F)c2)CC1C. The van der Waals surface area contributed by atoms with Crippen LogP contribution in [0, 0.1) is 23.6 Å². The summed E-state index contributed by atoms with van der Waals surface area (Å²) in [6, 6.07) is 2.77. The zero-order chi connectivity index (χ0) is 15.8. The molecule has 0 amide bonds. The van der Waals surface area contributed by atoms with E-state index in [0.717, 1.165) is 31.4 Å². The number of halogens is 4. The molecule has 1 aliphatic rings. The molecule has 0 aromatic heterocycles. The quantitative estimate of drug-likeness (QED) is 0.766. The predicted molar refractivity (Wildman–Crippen MR) is 72.0 cm³/mol. The maximum Gasteiger partial charge on any atom is 0.419 e. The molecule has 0 bridgehead atoms. The highest BCUT2D eigenvalue weighted by Gasteiger charge is 2.36. The third-order valence-electron chi connectivity index (χ3n) is 4.72. The first-order valence-electron chi connectivity index (χ1n) is 7.25. The van der Waals surface area contributed by atoms with Crippen molar-refractivity contribution < 1.29 is 22.7 Å². The number of aliphatic hydroxyl groups is 1. The van der Waals surface area contributed by atoms with Crippen LogP contribution in [0.1, 0.15) is 50.3 Å². The van der Waals surface area contributed by atoms with E-state index in [9.17, 15) is 22.7 Å². The largest absolute Gasteiger partial charge is 0.419 e. The molecule has 118 valence electrons. The highest BCUT2D eigenvalue weighted by atomic mass is 19.4. The smallest absolute Gasteiger partial charge is 0.388 e. The van der Waals surface area contributed by atoms with Crippen molar-refractivity contribution in [1.29, 1.82) is 0 Å². The zero-order valence-electron chi connectivity index (χ0n) is 12.1. The first kappa shape index (κ1) is 16.3. The minimum atomic E-state index is -4.74. The Balaban J connectivity index is 2.22. The van der Waals surface area contributed by atoms with Gasteiger partial charge in [0.1, 0.15) is 5.82 Å². The number of benzene rings is 1. The normalized spacial score (nSPS) is 28.4. The fourth-order valence-electron chi connectivity index (χ4n) is 3.09. The Morgan fingerprint density at radius 1 is 1.14 bits per heavy atom. The van der Waals surface area contributed by atoms with Gasteiger partial charge in [0.2, 0.25) is 0 Å². The van der Waals surface area contributed by atoms with E-state index >= 15 is 0 Å². The van der Waals surface area contributed by atoms with Crippen molar-refractivity contribution in [2.45, 2.75) is 45.4 Å². The van der Waals surface area contributed by atoms with E-state index in [1.54, 1.807) is 0 Å². The molecule has 4 atom stereocenters. The number of hydrogen-bond acceptors (Lipinski definition) is 1. The summed E-state index contributed by atoms with van der Waals surface area (Å²) in [5.74, 6) is -0.375. The third kappa shape index (κ3) is 3.57. The van der Waals surface area contributed by atoms with Crippen LogP contribution in [-0.2, 0) is 6.18 Å². The fraction of sp³-hybridized carbons (Fsp3) is 0.625. The van der Waals surface area contributed by atoms with Crippen LogP contribution in [-0.4, -0.2) is 5.11 Å². The van der Waals surface area contributed by atoms with Crippen LogP contribution in [0.25, 0.3) is 0 Å². The molecule has 1 aromatic carbocycles. The second kappa shape index (κ2) is 5.95. The zero-order valence-corrected chi connectivity index (χ0v) is 12.1. The maximum absolute atomic E-state index is 13.3. The summed E-state index contributed by atoms with van der Waals surface area (Å²) in [5.41, 5.74) is -1.16. The molecule has 0 aliphatic heterocycles. The molecular formula is C16H20F4O. The van der Waals surface area contributed by atoms with Crippen LogP contribution in [0.3, 0.4) is 0 Å². The Morgan fingerprint density at radius 3 is 2.38 bits per heavy atom. The topological polar surface area (TPSA) is 20.2 Å². The standard InChI is InChI=1S/C16H20F4O/c1-9-3-4-11(7-10(9)2)15(21)12-5-6-14(17)13(8-12)16(18,19)20/h5-6,8-11,15,21H,3-4,7H2,1-2H3. The highest BCUT2D eigenvalue weighted by molar-refractivity contribution is 5.29. The lowest BCUT2D eigenvalue weighted by Gasteiger charge is -2.35. The minimum absolute atomic E-state index is 0.0669. The molecule has 0 spiro atoms. The van der Waals surface area contributed by atoms with Gasteiger partial charge in [-0.05, 0) is 48.3 Å². The number of alkyl halides is 3. The van der Waals surface area contributed by atoms with Gasteiger partial charge in [-0.15, -0.1) is 0 Å². The lowest BCUT2D eigenvalue weighted by molar-refractivity contribution is -0.140. The van der Waals surface area contributed by atoms with Gasteiger partial charge < -0.3 is 5.11 Å². The summed E-state index contributed by atoms with van der Waals surface area (Å²) in [4.78, 5) is 0. The van der Waals surface area contributed by atoms with Crippen molar-refractivity contribution in [2.24, 2.45) is 17.8 Å². The second-order valence-electron chi connectivity index (χ2n) is 6.21. The summed E-state index contributed by atoms with van der Waals surface area (Å²) in [6.45, 7) is 4.24. The maximum atomic E-state index is 13.3. The fourth-order valence-corrected chi connectivity index (χ4v) is 3.09. The Bertz CT molecular complexity index is 498. The van der Waals surface area contributed by atoms with Crippen molar-refractivity contribution in [3.8, 4) is 0 Å². The summed E-state index contributed by atoms with van der Waals surface area (Å²) in [5, 5.41) is 10.3. The van der Waals surface area contributed by atoms with Gasteiger partial charge in [-0.1, -0.05) is 26.3 Å². The molecule has 1 aromatic rings. The third-order valence-corrected chi connectivity index (χ3v) is 4.72. The van der Waals surface area contributed by atoms with Crippen LogP contribution in [0.2, 0.25) is 0 Å². The van der Waals surface area contributed by atoms with Crippen molar-refractivity contribution in [2.75, 3.05) is 0 Å². The van der Waals surface area contributed by atoms with E-state index < -0.39 is 23.7 Å². The first-order valence-corrected chi connectivity index (χ1v) is 7.25. The van der Waals surface area contributed by atoms with Crippen LogP contribution in [0.5, 0.6) is 0 Å². The van der Waals surface area contributed by atoms with Gasteiger partial charge in [0.05, 0.1) is 11.7 Å². The van der Waals surface area contributed by atoms with Gasteiger partial charge in [0.25, 0.3) is 0 Å². The van der Waals surface area contributed by atoms with E-state index in [1.807, 2.05) is 0 Å². The molecule has 1 N–H and O–H groups in total. The lowest BCUT2D eigenvalue weighted by atomic mass is 9.73. The molecule has 4 unspecified atom stereocenters. The number of rotatable bonds is 2. The molecule has 5 heteroatoms. The van der Waals surface area contributed by atoms with Gasteiger partial charge in [-0.2, -0.15) is 13.2 Å². The molecule has 1 fully saturated rings. The number of hydrogen-bond donors (Lipinski definition) is 1. The monoisotopic (exact) mass is 304 g/mol. The summed E-state index contributed by atoms with van der Waals surface area (Å²) in [6.07, 6.45) is -3.20. The van der Waals surface area contributed by atoms with E-state index in [-0.39, 0.29) is 11.5 Å². The van der Waals surface area contributed by atoms with E-state index in [0.29, 0.717) is 11.8 Å². The molecular weight excluding hydrogens is 284 g/mol. The number of aliphatic hydroxyl groups excluding tert-OH is 1. The Kier molecular flexibility index (Phi) is 4.61. The minimum Gasteiger partial charge on any atom is -0.388 e. The summed E-state index contributed by atoms with van der Waals surface area (Å²) < 4.78 is 51.5. The van der Waals surface area contributed by atoms with Crippen molar-refractivity contribution in [3.05, 3.63) is 35.1 Å². The van der Waals surface area contributed by atoms with Gasteiger partial charge in [0, 0.05) is 0 Å². The molecule has 21 heavy (non-hydrogen) atoms. The molecule has 0 radical (unpaired) electrons. The van der Waals surface area contributed by atoms with Gasteiger partial charge in [-0.25, -0.2) is 4.39 Å². The molecule has 1 aliphatic carbocycles. The predicted octanol–water partition coefficient (Wildman–Crippen LogP) is 4.95. The lowest BCUT2D eigenvalue weighted by Crippen LogP contribution is -2.25. The van der Waals surface area contributed by atoms with Crippen LogP contribution >= 0.6 is 0 Å². The molecule has 1 nitrogen and oxygen atoms in total. The first-order chi connectivity index (χ1) is 9.70. The molecule has 1 saturated carbocycles. The van der Waals surface area contributed by atoms with Crippen molar-refractivity contribution in [1.82, 2.24) is 0 Å². The van der Waals surface area contributed by atoms with Gasteiger partial charge >= 0.3 is 6.18 Å². The van der Waals surface area contributed by atoms with Crippen LogP contribution in [0.15, 0.2) is 18.2 Å². The van der Waals surface area contributed by atoms with Crippen molar-refractivity contribution in [3.63, 3.8) is 0 Å². The Morgan fingerprint density at radius 2 is 1.81 bits per heavy atom. The summed E-state index contributed by atoms with van der Waals surface area (Å²) in [7, 11) is 0. The highest BCUT2D eigenvalue weighted by Crippen LogP contribution is 2.41. The van der Waals surface area contributed by atoms with Crippen molar-refractivity contribution >= 4 is 0 Å². The molecule has 0 saturated heterocycles. The average molecular weight is 304 g/mol. The summed E-state index contributed by atoms with van der Waals surface area (Å²) >= 11 is 0. The Hall–Kier alpha value is -1.10. The Labute approximate surface area is 122 Å². The second-order valence-corrected chi connectivity index (χ2v) is 6.21. The van der Waals surface area contributed by atoms with E-state index in [1.165, 1.54) is 6.07 Å². The van der Waals surface area contributed by atoms with Gasteiger partial charge in [0.15, 0.2) is 0 Å². The van der Waals surface area contributed by atoms with Gasteiger partial charge in [-0.3, -0.25) is 0 Å². The average Bonchev–Trinajstić information content (AvgIpc) is 2.40.